The van der Waals surface area contributed by atoms with Crippen LogP contribution in [0.5, 0.6) is 5.88 Å². The monoisotopic (exact) mass is 573 g/mol. The molecule has 1 saturated heterocycles. The summed E-state index contributed by atoms with van der Waals surface area (Å²) in [6.07, 6.45) is 2.37. The summed E-state index contributed by atoms with van der Waals surface area (Å²) in [4.78, 5) is 23.4. The van der Waals surface area contributed by atoms with E-state index < -0.39 is 10.0 Å². The summed E-state index contributed by atoms with van der Waals surface area (Å²) in [7, 11) is -0.877. The molecule has 1 aliphatic rings. The van der Waals surface area contributed by atoms with Gasteiger partial charge in [0, 0.05) is 57.5 Å². The number of hydrogen-bond donors (Lipinski definition) is 0. The van der Waals surface area contributed by atoms with Gasteiger partial charge in [-0.1, -0.05) is 29.3 Å². The topological polar surface area (TPSA) is 116 Å². The molecule has 1 aliphatic heterocycles. The van der Waals surface area contributed by atoms with Gasteiger partial charge < -0.3 is 9.64 Å². The van der Waals surface area contributed by atoms with Gasteiger partial charge in [-0.25, -0.2) is 22.7 Å². The number of nitrogens with zero attached hydrogens (tertiary/aromatic N) is 5. The molecule has 12 heteroatoms. The number of likely N-dealkylation sites (tertiary alicyclic amines) is 1. The third-order valence-electron chi connectivity index (χ3n) is 6.53. The van der Waals surface area contributed by atoms with Crippen molar-refractivity contribution in [1.29, 1.82) is 5.26 Å². The van der Waals surface area contributed by atoms with Crippen LogP contribution in [-0.2, 0) is 10.0 Å². The van der Waals surface area contributed by atoms with E-state index in [2.05, 4.69) is 9.97 Å². The highest BCUT2D eigenvalue weighted by Gasteiger charge is 2.40. The van der Waals surface area contributed by atoms with Crippen LogP contribution in [0.15, 0.2) is 59.9 Å². The van der Waals surface area contributed by atoms with Gasteiger partial charge in [0.05, 0.1) is 21.2 Å². The number of halogens is 2. The van der Waals surface area contributed by atoms with Crippen molar-refractivity contribution in [3.63, 3.8) is 0 Å². The first-order valence-electron chi connectivity index (χ1n) is 11.7. The first-order valence-corrected chi connectivity index (χ1v) is 13.9. The second-order valence-electron chi connectivity index (χ2n) is 9.15. The summed E-state index contributed by atoms with van der Waals surface area (Å²) in [5.74, 6) is -0.156. The zero-order valence-corrected chi connectivity index (χ0v) is 23.2. The summed E-state index contributed by atoms with van der Waals surface area (Å²) in [5, 5.41) is 9.73. The van der Waals surface area contributed by atoms with Gasteiger partial charge in [0.25, 0.3) is 15.9 Å². The van der Waals surface area contributed by atoms with Crippen LogP contribution in [0, 0.1) is 17.2 Å². The van der Waals surface area contributed by atoms with Gasteiger partial charge in [0.2, 0.25) is 5.88 Å². The minimum Gasteiger partial charge on any atom is -0.474 e. The first-order chi connectivity index (χ1) is 18.0. The highest BCUT2D eigenvalue weighted by Crippen LogP contribution is 2.38. The van der Waals surface area contributed by atoms with Crippen molar-refractivity contribution in [1.82, 2.24) is 19.2 Å². The lowest BCUT2D eigenvalue weighted by atomic mass is 9.86. The van der Waals surface area contributed by atoms with Gasteiger partial charge in [-0.3, -0.25) is 4.79 Å². The van der Waals surface area contributed by atoms with Crippen molar-refractivity contribution in [3.8, 4) is 11.9 Å². The molecule has 3 atom stereocenters. The zero-order valence-electron chi connectivity index (χ0n) is 20.9. The molecule has 0 N–H and O–H groups in total. The molecule has 9 nitrogen and oxygen atoms in total. The molecule has 0 spiro atoms. The Morgan fingerprint density at radius 2 is 1.87 bits per heavy atom. The number of nitriles is 1. The van der Waals surface area contributed by atoms with E-state index in [4.69, 9.17) is 33.2 Å². The maximum absolute atomic E-state index is 13.4. The number of ether oxygens (including phenoxy) is 1. The summed E-state index contributed by atoms with van der Waals surface area (Å²) >= 11 is 12.4. The van der Waals surface area contributed by atoms with Gasteiger partial charge in [-0.05, 0) is 42.8 Å². The number of rotatable bonds is 7. The van der Waals surface area contributed by atoms with Crippen LogP contribution in [0.1, 0.15) is 34.3 Å². The van der Waals surface area contributed by atoms with Gasteiger partial charge in [-0.15, -0.1) is 0 Å². The molecule has 3 heterocycles. The van der Waals surface area contributed by atoms with Crippen LogP contribution >= 0.6 is 23.2 Å². The molecule has 4 rings (SSSR count). The van der Waals surface area contributed by atoms with Crippen LogP contribution in [-0.4, -0.2) is 66.8 Å². The predicted octanol–water partition coefficient (Wildman–Crippen LogP) is 4.23. The molecule has 38 heavy (non-hydrogen) atoms. The van der Waals surface area contributed by atoms with Crippen molar-refractivity contribution < 1.29 is 17.9 Å². The lowest BCUT2D eigenvalue weighted by Gasteiger charge is -2.25. The molecule has 1 amide bonds. The highest BCUT2D eigenvalue weighted by atomic mass is 35.5. The van der Waals surface area contributed by atoms with Crippen LogP contribution in [0.3, 0.4) is 0 Å². The van der Waals surface area contributed by atoms with Crippen molar-refractivity contribution in [2.75, 3.05) is 27.2 Å². The smallest absolute Gasteiger partial charge is 0.260 e. The maximum atomic E-state index is 13.4. The Labute approximate surface area is 231 Å². The van der Waals surface area contributed by atoms with Gasteiger partial charge in [0.1, 0.15) is 12.2 Å². The molecule has 2 aromatic heterocycles. The van der Waals surface area contributed by atoms with Crippen molar-refractivity contribution in [2.24, 2.45) is 5.92 Å². The Morgan fingerprint density at radius 1 is 1.11 bits per heavy atom. The Morgan fingerprint density at radius 3 is 2.45 bits per heavy atom. The molecule has 0 bridgehead atoms. The predicted molar refractivity (Wildman–Crippen MR) is 143 cm³/mol. The molecular weight excluding hydrogens is 549 g/mol. The fourth-order valence-corrected chi connectivity index (χ4v) is 5.50. The molecule has 3 aromatic rings. The fraction of sp³-hybridized carbons (Fsp3) is 0.308. The summed E-state index contributed by atoms with van der Waals surface area (Å²) < 4.78 is 31.8. The molecule has 1 fully saturated rings. The van der Waals surface area contributed by atoms with Gasteiger partial charge in [-0.2, -0.15) is 5.26 Å². The van der Waals surface area contributed by atoms with Crippen LogP contribution in [0.2, 0.25) is 10.0 Å². The van der Waals surface area contributed by atoms with E-state index in [0.717, 1.165) is 9.87 Å². The largest absolute Gasteiger partial charge is 0.474 e. The molecule has 0 unspecified atom stereocenters. The zero-order chi connectivity index (χ0) is 27.6. The number of benzene rings is 1. The summed E-state index contributed by atoms with van der Waals surface area (Å²) in [5.41, 5.74) is 1.61. The second kappa shape index (κ2) is 11.3. The average molecular weight is 574 g/mol. The average Bonchev–Trinajstić information content (AvgIpc) is 3.36. The van der Waals surface area contributed by atoms with Crippen LogP contribution < -0.4 is 4.74 Å². The van der Waals surface area contributed by atoms with E-state index in [0.29, 0.717) is 34.6 Å². The Hall–Kier alpha value is -3.23. The number of carbonyl (C=O) groups is 1. The maximum Gasteiger partial charge on any atom is 0.260 e. The van der Waals surface area contributed by atoms with E-state index in [9.17, 15) is 13.2 Å². The third-order valence-corrected chi connectivity index (χ3v) is 9.00. The third kappa shape index (κ3) is 5.76. The Kier molecular flexibility index (Phi) is 8.23. The number of hydrogen-bond acceptors (Lipinski definition) is 7. The number of carbonyl (C=O) groups excluding carboxylic acids is 1. The SMILES string of the molecule is C[C@H](Oc1ccc(C#N)cn1)[C@H]1CN(C(=O)c2ccc(S(=O)(=O)N(C)C)nc2)C[C@@H]1c1ccc(Cl)c(Cl)c1. The first kappa shape index (κ1) is 27.8. The van der Waals surface area contributed by atoms with E-state index in [1.807, 2.05) is 19.1 Å². The normalized spacial score (nSPS) is 18.3. The number of pyridine rings is 2. The van der Waals surface area contributed by atoms with E-state index in [-0.39, 0.29) is 34.4 Å². The number of sulfonamides is 1. The standard InChI is InChI=1S/C26H25Cl2N5O4S/c1-16(37-24-8-4-17(11-29)12-30-24)20-14-33(15-21(20)18-5-7-22(27)23(28)10-18)26(34)19-6-9-25(31-13-19)38(35,36)32(2)3/h4-10,12-13,16,20-21H,14-15H2,1-3H3/t16-,20+,21+/m0/s1. The molecular formula is C26H25Cl2N5O4S. The van der Waals surface area contributed by atoms with Crippen molar-refractivity contribution >= 4 is 39.1 Å². The molecule has 198 valence electrons. The fourth-order valence-electron chi connectivity index (χ4n) is 4.39. The van der Waals surface area contributed by atoms with Gasteiger partial charge >= 0.3 is 0 Å². The molecule has 0 aliphatic carbocycles. The lowest BCUT2D eigenvalue weighted by molar-refractivity contribution is 0.0769. The Bertz CT molecular complexity index is 1470. The van der Waals surface area contributed by atoms with E-state index >= 15 is 0 Å². The van der Waals surface area contributed by atoms with E-state index in [1.54, 1.807) is 29.2 Å². The van der Waals surface area contributed by atoms with Crippen LogP contribution in [0.4, 0.5) is 0 Å². The minimum absolute atomic E-state index is 0.122. The minimum atomic E-state index is -3.71. The molecule has 1 aromatic carbocycles. The lowest BCUT2D eigenvalue weighted by Crippen LogP contribution is -2.32. The molecule has 0 radical (unpaired) electrons. The van der Waals surface area contributed by atoms with Crippen LogP contribution in [0.25, 0.3) is 0 Å². The number of aromatic nitrogens is 2. The van der Waals surface area contributed by atoms with E-state index in [1.165, 1.54) is 38.6 Å². The highest BCUT2D eigenvalue weighted by molar-refractivity contribution is 7.89. The number of amides is 1. The van der Waals surface area contributed by atoms with Crippen molar-refractivity contribution in [3.05, 3.63) is 81.6 Å². The quantitative estimate of drug-likeness (QED) is 0.415. The summed E-state index contributed by atoms with van der Waals surface area (Å²) in [6.45, 7) is 2.66. The summed E-state index contributed by atoms with van der Waals surface area (Å²) in [6, 6.07) is 13.5. The van der Waals surface area contributed by atoms with Gasteiger partial charge in [0.15, 0.2) is 5.03 Å². The molecule has 0 saturated carbocycles. The van der Waals surface area contributed by atoms with Crippen molar-refractivity contribution in [2.45, 2.75) is 24.0 Å². The second-order valence-corrected chi connectivity index (χ2v) is 12.1. The Balaban J connectivity index is 1.59.